The maximum absolute atomic E-state index is 12.5. The number of carbonyl (C=O) groups is 1. The highest BCUT2D eigenvalue weighted by Crippen LogP contribution is 2.26. The third-order valence-electron chi connectivity index (χ3n) is 4.61. The summed E-state index contributed by atoms with van der Waals surface area (Å²) in [4.78, 5) is 17.8. The highest BCUT2D eigenvalue weighted by Gasteiger charge is 2.28. The zero-order valence-corrected chi connectivity index (χ0v) is 17.7. The van der Waals surface area contributed by atoms with Gasteiger partial charge in [-0.25, -0.2) is 13.4 Å². The van der Waals surface area contributed by atoms with Crippen molar-refractivity contribution in [3.05, 3.63) is 75.8 Å². The van der Waals surface area contributed by atoms with Gasteiger partial charge in [0.1, 0.15) is 0 Å². The number of sulfonamides is 1. The maximum Gasteiger partial charge on any atom is 0.257 e. The van der Waals surface area contributed by atoms with Crippen LogP contribution in [0.25, 0.3) is 0 Å². The molecule has 1 aliphatic heterocycles. The number of rotatable bonds is 5. The lowest BCUT2D eigenvalue weighted by molar-refractivity contribution is 0.102. The minimum absolute atomic E-state index is 0.163. The first-order chi connectivity index (χ1) is 13.9. The normalized spacial score (nSPS) is 15.4. The molecule has 0 radical (unpaired) electrons. The van der Waals surface area contributed by atoms with Crippen LogP contribution in [0, 0.1) is 0 Å². The summed E-state index contributed by atoms with van der Waals surface area (Å²) in [6, 6.07) is 14.2. The van der Waals surface area contributed by atoms with Gasteiger partial charge >= 0.3 is 0 Å². The first-order valence-electron chi connectivity index (χ1n) is 9.02. The Balaban J connectivity index is 1.42. The molecule has 4 rings (SSSR count). The Hall–Kier alpha value is -2.42. The van der Waals surface area contributed by atoms with Crippen molar-refractivity contribution in [2.45, 2.75) is 12.8 Å². The molecule has 0 unspecified atom stereocenters. The Kier molecular flexibility index (Phi) is 5.58. The molecule has 1 aromatic heterocycles. The number of nitrogens with one attached hydrogen (secondary N) is 1. The number of hydrogen-bond acceptors (Lipinski definition) is 5. The SMILES string of the molecule is O=C(Nc1ncc(Cc2ccccc2Cl)s1)c1ccc(N2CCCS2(=O)=O)cc1. The van der Waals surface area contributed by atoms with Crippen molar-refractivity contribution in [2.75, 3.05) is 21.9 Å². The van der Waals surface area contributed by atoms with Crippen LogP contribution in [0.5, 0.6) is 0 Å². The molecular weight excluding hydrogens is 430 g/mol. The molecule has 2 heterocycles. The highest BCUT2D eigenvalue weighted by atomic mass is 35.5. The quantitative estimate of drug-likeness (QED) is 0.636. The molecule has 0 saturated carbocycles. The molecule has 0 atom stereocenters. The average molecular weight is 448 g/mol. The van der Waals surface area contributed by atoms with E-state index in [2.05, 4.69) is 10.3 Å². The number of anilines is 2. The van der Waals surface area contributed by atoms with Gasteiger partial charge in [-0.05, 0) is 42.3 Å². The van der Waals surface area contributed by atoms with Crippen LogP contribution in [0.4, 0.5) is 10.8 Å². The van der Waals surface area contributed by atoms with Crippen molar-refractivity contribution in [2.24, 2.45) is 0 Å². The third kappa shape index (κ3) is 4.44. The molecule has 29 heavy (non-hydrogen) atoms. The maximum atomic E-state index is 12.5. The van der Waals surface area contributed by atoms with Crippen LogP contribution in [0.15, 0.2) is 54.7 Å². The molecule has 0 bridgehead atoms. The number of aromatic nitrogens is 1. The van der Waals surface area contributed by atoms with Gasteiger partial charge in [-0.2, -0.15) is 0 Å². The molecule has 1 amide bonds. The molecule has 1 N–H and O–H groups in total. The minimum atomic E-state index is -3.23. The van der Waals surface area contributed by atoms with Gasteiger partial charge in [0.25, 0.3) is 5.91 Å². The molecule has 150 valence electrons. The summed E-state index contributed by atoms with van der Waals surface area (Å²) < 4.78 is 25.4. The molecule has 1 aliphatic rings. The van der Waals surface area contributed by atoms with Gasteiger partial charge in [-0.1, -0.05) is 29.8 Å². The lowest BCUT2D eigenvalue weighted by atomic mass is 10.1. The van der Waals surface area contributed by atoms with E-state index in [0.717, 1.165) is 10.4 Å². The number of carbonyl (C=O) groups excluding carboxylic acids is 1. The Bertz CT molecular complexity index is 1140. The largest absolute Gasteiger partial charge is 0.298 e. The molecule has 0 aliphatic carbocycles. The van der Waals surface area contributed by atoms with Gasteiger partial charge in [0.15, 0.2) is 5.13 Å². The summed E-state index contributed by atoms with van der Waals surface area (Å²) in [5.41, 5.74) is 2.02. The summed E-state index contributed by atoms with van der Waals surface area (Å²) in [6.45, 7) is 0.473. The van der Waals surface area contributed by atoms with Gasteiger partial charge in [0, 0.05) is 34.6 Å². The smallest absolute Gasteiger partial charge is 0.257 e. The van der Waals surface area contributed by atoms with Crippen LogP contribution in [0.3, 0.4) is 0 Å². The fourth-order valence-electron chi connectivity index (χ4n) is 3.15. The second-order valence-corrected chi connectivity index (χ2v) is 10.2. The Morgan fingerprint density at radius 2 is 1.93 bits per heavy atom. The molecule has 9 heteroatoms. The monoisotopic (exact) mass is 447 g/mol. The van der Waals surface area contributed by atoms with Crippen LogP contribution in [0.2, 0.25) is 5.02 Å². The molecule has 2 aromatic carbocycles. The van der Waals surface area contributed by atoms with Crippen LogP contribution < -0.4 is 9.62 Å². The predicted molar refractivity (Wildman–Crippen MR) is 117 cm³/mol. The number of nitrogens with zero attached hydrogens (tertiary/aromatic N) is 2. The summed E-state index contributed by atoms with van der Waals surface area (Å²) in [5, 5.41) is 3.99. The fraction of sp³-hybridized carbons (Fsp3) is 0.200. The predicted octanol–water partition coefficient (Wildman–Crippen LogP) is 4.18. The van der Waals surface area contributed by atoms with E-state index < -0.39 is 10.0 Å². The lowest BCUT2D eigenvalue weighted by Gasteiger charge is -2.16. The van der Waals surface area contributed by atoms with Gasteiger partial charge in [-0.3, -0.25) is 14.4 Å². The standard InChI is InChI=1S/C20H18ClN3O3S2/c21-18-5-2-1-4-15(18)12-17-13-22-20(28-17)23-19(25)14-6-8-16(9-7-14)24-10-3-11-29(24,26)27/h1-2,4-9,13H,3,10-12H2,(H,22,23,25). The second-order valence-electron chi connectivity index (χ2n) is 6.64. The van der Waals surface area contributed by atoms with Crippen molar-refractivity contribution < 1.29 is 13.2 Å². The van der Waals surface area contributed by atoms with Gasteiger partial charge in [-0.15, -0.1) is 11.3 Å². The molecule has 6 nitrogen and oxygen atoms in total. The summed E-state index contributed by atoms with van der Waals surface area (Å²) >= 11 is 7.59. The summed E-state index contributed by atoms with van der Waals surface area (Å²) in [6.07, 6.45) is 2.99. The van der Waals surface area contributed by atoms with Crippen molar-refractivity contribution in [1.29, 1.82) is 0 Å². The first-order valence-corrected chi connectivity index (χ1v) is 11.8. The van der Waals surface area contributed by atoms with Crippen LogP contribution in [-0.2, 0) is 16.4 Å². The molecule has 3 aromatic rings. The fourth-order valence-corrected chi connectivity index (χ4v) is 5.75. The minimum Gasteiger partial charge on any atom is -0.298 e. The van der Waals surface area contributed by atoms with E-state index in [1.54, 1.807) is 30.5 Å². The van der Waals surface area contributed by atoms with E-state index in [0.29, 0.717) is 40.8 Å². The zero-order chi connectivity index (χ0) is 20.4. The van der Waals surface area contributed by atoms with E-state index in [9.17, 15) is 13.2 Å². The third-order valence-corrected chi connectivity index (χ3v) is 7.76. The molecule has 1 saturated heterocycles. The number of hydrogen-bond donors (Lipinski definition) is 1. The lowest BCUT2D eigenvalue weighted by Crippen LogP contribution is -2.25. The van der Waals surface area contributed by atoms with E-state index >= 15 is 0 Å². The van der Waals surface area contributed by atoms with E-state index in [-0.39, 0.29) is 11.7 Å². The number of amides is 1. The molecule has 0 spiro atoms. The number of thiazole rings is 1. The summed E-state index contributed by atoms with van der Waals surface area (Å²) in [5.74, 6) is -0.130. The van der Waals surface area contributed by atoms with Gasteiger partial charge in [0.2, 0.25) is 10.0 Å². The van der Waals surface area contributed by atoms with Crippen molar-refractivity contribution >= 4 is 49.7 Å². The number of benzene rings is 2. The Morgan fingerprint density at radius 1 is 1.17 bits per heavy atom. The van der Waals surface area contributed by atoms with E-state index in [1.807, 2.05) is 24.3 Å². The van der Waals surface area contributed by atoms with Crippen LogP contribution in [0.1, 0.15) is 27.2 Å². The Labute approximate surface area is 178 Å². The van der Waals surface area contributed by atoms with Crippen LogP contribution >= 0.6 is 22.9 Å². The molecular formula is C20H18ClN3O3S2. The van der Waals surface area contributed by atoms with Crippen molar-refractivity contribution in [3.63, 3.8) is 0 Å². The summed E-state index contributed by atoms with van der Waals surface area (Å²) in [7, 11) is -3.23. The first kappa shape index (κ1) is 19.9. The zero-order valence-electron chi connectivity index (χ0n) is 15.3. The molecule has 1 fully saturated rings. The average Bonchev–Trinajstić information content (AvgIpc) is 3.29. The van der Waals surface area contributed by atoms with E-state index in [4.69, 9.17) is 11.6 Å². The van der Waals surface area contributed by atoms with E-state index in [1.165, 1.54) is 15.6 Å². The Morgan fingerprint density at radius 3 is 2.62 bits per heavy atom. The van der Waals surface area contributed by atoms with Gasteiger partial charge < -0.3 is 0 Å². The number of halogens is 1. The second kappa shape index (κ2) is 8.14. The topological polar surface area (TPSA) is 79.4 Å². The van der Waals surface area contributed by atoms with Crippen LogP contribution in [-0.4, -0.2) is 31.6 Å². The van der Waals surface area contributed by atoms with Gasteiger partial charge in [0.05, 0.1) is 11.4 Å². The van der Waals surface area contributed by atoms with Crippen molar-refractivity contribution in [1.82, 2.24) is 4.98 Å². The highest BCUT2D eigenvalue weighted by molar-refractivity contribution is 7.93. The van der Waals surface area contributed by atoms with Crippen molar-refractivity contribution in [3.8, 4) is 0 Å².